The van der Waals surface area contributed by atoms with Crippen molar-refractivity contribution in [2.24, 2.45) is 0 Å². The Morgan fingerprint density at radius 3 is 2.44 bits per heavy atom. The van der Waals surface area contributed by atoms with Crippen molar-refractivity contribution in [1.82, 2.24) is 10.1 Å². The van der Waals surface area contributed by atoms with Gasteiger partial charge in [0, 0.05) is 11.8 Å². The van der Waals surface area contributed by atoms with Crippen LogP contribution in [0.15, 0.2) is 40.9 Å². The standard InChI is InChI=1S/C19H21N3O3/c1-12-7-13(2)9-14(8-12)20-11-18-21-19(22-25-18)16-6-5-15(23-3)10-17(16)24-4/h5-10,20H,11H2,1-4H3. The molecule has 0 aliphatic rings. The molecule has 0 saturated carbocycles. The normalized spacial score (nSPS) is 10.6. The first-order valence-corrected chi connectivity index (χ1v) is 7.96. The van der Waals surface area contributed by atoms with Crippen LogP contribution >= 0.6 is 0 Å². The first-order chi connectivity index (χ1) is 12.1. The number of nitrogens with zero attached hydrogens (tertiary/aromatic N) is 2. The Morgan fingerprint density at radius 1 is 1.00 bits per heavy atom. The van der Waals surface area contributed by atoms with E-state index < -0.39 is 0 Å². The molecule has 0 aliphatic carbocycles. The van der Waals surface area contributed by atoms with E-state index in [4.69, 9.17) is 14.0 Å². The van der Waals surface area contributed by atoms with Crippen LogP contribution in [0.1, 0.15) is 17.0 Å². The zero-order valence-electron chi connectivity index (χ0n) is 14.8. The lowest BCUT2D eigenvalue weighted by Crippen LogP contribution is -2.00. The zero-order valence-corrected chi connectivity index (χ0v) is 14.8. The third kappa shape index (κ3) is 3.91. The van der Waals surface area contributed by atoms with Gasteiger partial charge in [0.1, 0.15) is 11.5 Å². The number of rotatable bonds is 6. The van der Waals surface area contributed by atoms with Crippen LogP contribution in [0.4, 0.5) is 5.69 Å². The third-order valence-corrected chi connectivity index (χ3v) is 3.78. The second kappa shape index (κ2) is 7.25. The second-order valence-corrected chi connectivity index (χ2v) is 5.81. The van der Waals surface area contributed by atoms with Crippen LogP contribution in [-0.2, 0) is 6.54 Å². The van der Waals surface area contributed by atoms with Gasteiger partial charge in [0.2, 0.25) is 11.7 Å². The van der Waals surface area contributed by atoms with E-state index in [0.29, 0.717) is 29.8 Å². The minimum Gasteiger partial charge on any atom is -0.497 e. The van der Waals surface area contributed by atoms with E-state index in [1.165, 1.54) is 11.1 Å². The molecule has 2 aromatic carbocycles. The van der Waals surface area contributed by atoms with Gasteiger partial charge in [0.05, 0.1) is 26.3 Å². The predicted octanol–water partition coefficient (Wildman–Crippen LogP) is 3.98. The van der Waals surface area contributed by atoms with Gasteiger partial charge in [-0.05, 0) is 49.2 Å². The number of ether oxygens (including phenoxy) is 2. The molecular formula is C19H21N3O3. The van der Waals surface area contributed by atoms with Gasteiger partial charge < -0.3 is 19.3 Å². The van der Waals surface area contributed by atoms with Crippen LogP contribution in [-0.4, -0.2) is 24.4 Å². The van der Waals surface area contributed by atoms with Gasteiger partial charge in [-0.1, -0.05) is 11.2 Å². The van der Waals surface area contributed by atoms with E-state index in [2.05, 4.69) is 47.5 Å². The zero-order chi connectivity index (χ0) is 17.8. The van der Waals surface area contributed by atoms with Gasteiger partial charge >= 0.3 is 0 Å². The summed E-state index contributed by atoms with van der Waals surface area (Å²) in [4.78, 5) is 4.44. The van der Waals surface area contributed by atoms with Crippen molar-refractivity contribution in [3.63, 3.8) is 0 Å². The largest absolute Gasteiger partial charge is 0.497 e. The number of hydrogen-bond acceptors (Lipinski definition) is 6. The van der Waals surface area contributed by atoms with Crippen molar-refractivity contribution >= 4 is 5.69 Å². The van der Waals surface area contributed by atoms with Crippen LogP contribution < -0.4 is 14.8 Å². The van der Waals surface area contributed by atoms with Gasteiger partial charge in [-0.3, -0.25) is 0 Å². The van der Waals surface area contributed by atoms with Crippen molar-refractivity contribution in [2.45, 2.75) is 20.4 Å². The maximum Gasteiger partial charge on any atom is 0.246 e. The smallest absolute Gasteiger partial charge is 0.246 e. The Balaban J connectivity index is 1.76. The molecule has 0 bridgehead atoms. The van der Waals surface area contributed by atoms with Crippen molar-refractivity contribution in [3.8, 4) is 22.9 Å². The van der Waals surface area contributed by atoms with Crippen molar-refractivity contribution in [3.05, 3.63) is 53.4 Å². The fourth-order valence-corrected chi connectivity index (χ4v) is 2.67. The Labute approximate surface area is 146 Å². The summed E-state index contributed by atoms with van der Waals surface area (Å²) >= 11 is 0. The molecule has 0 aliphatic heterocycles. The fourth-order valence-electron chi connectivity index (χ4n) is 2.67. The van der Waals surface area contributed by atoms with Gasteiger partial charge in [0.15, 0.2) is 0 Å². The number of methoxy groups -OCH3 is 2. The van der Waals surface area contributed by atoms with Crippen molar-refractivity contribution in [2.75, 3.05) is 19.5 Å². The number of benzene rings is 2. The molecule has 0 spiro atoms. The van der Waals surface area contributed by atoms with Gasteiger partial charge in [0.25, 0.3) is 0 Å². The van der Waals surface area contributed by atoms with Gasteiger partial charge in [-0.2, -0.15) is 4.98 Å². The molecule has 130 valence electrons. The maximum atomic E-state index is 5.39. The summed E-state index contributed by atoms with van der Waals surface area (Å²) in [5.41, 5.74) is 4.19. The van der Waals surface area contributed by atoms with E-state index in [1.807, 2.05) is 12.1 Å². The monoisotopic (exact) mass is 339 g/mol. The minimum absolute atomic E-state index is 0.453. The van der Waals surface area contributed by atoms with Crippen LogP contribution in [0.2, 0.25) is 0 Å². The van der Waals surface area contributed by atoms with E-state index in [0.717, 1.165) is 11.3 Å². The quantitative estimate of drug-likeness (QED) is 0.732. The summed E-state index contributed by atoms with van der Waals surface area (Å²) in [7, 11) is 3.21. The van der Waals surface area contributed by atoms with Crippen LogP contribution in [0, 0.1) is 13.8 Å². The predicted molar refractivity (Wildman–Crippen MR) is 96.1 cm³/mol. The fraction of sp³-hybridized carbons (Fsp3) is 0.263. The Morgan fingerprint density at radius 2 is 1.76 bits per heavy atom. The molecular weight excluding hydrogens is 318 g/mol. The summed E-state index contributed by atoms with van der Waals surface area (Å²) in [5.74, 6) is 2.33. The summed E-state index contributed by atoms with van der Waals surface area (Å²) in [6.45, 7) is 4.59. The highest BCUT2D eigenvalue weighted by atomic mass is 16.5. The molecule has 6 heteroatoms. The summed E-state index contributed by atoms with van der Waals surface area (Å²) in [6.07, 6.45) is 0. The summed E-state index contributed by atoms with van der Waals surface area (Å²) in [6, 6.07) is 11.8. The van der Waals surface area contributed by atoms with Crippen LogP contribution in [0.3, 0.4) is 0 Å². The van der Waals surface area contributed by atoms with E-state index in [9.17, 15) is 0 Å². The molecule has 1 N–H and O–H groups in total. The Bertz CT molecular complexity index is 854. The second-order valence-electron chi connectivity index (χ2n) is 5.81. The topological polar surface area (TPSA) is 69.4 Å². The lowest BCUT2D eigenvalue weighted by molar-refractivity contribution is 0.382. The van der Waals surface area contributed by atoms with Crippen LogP contribution in [0.25, 0.3) is 11.4 Å². The van der Waals surface area contributed by atoms with Crippen molar-refractivity contribution in [1.29, 1.82) is 0 Å². The molecule has 1 heterocycles. The third-order valence-electron chi connectivity index (χ3n) is 3.78. The molecule has 0 fully saturated rings. The van der Waals surface area contributed by atoms with E-state index >= 15 is 0 Å². The van der Waals surface area contributed by atoms with Crippen molar-refractivity contribution < 1.29 is 14.0 Å². The Hall–Kier alpha value is -3.02. The molecule has 0 saturated heterocycles. The van der Waals surface area contributed by atoms with Gasteiger partial charge in [-0.25, -0.2) is 0 Å². The highest BCUT2D eigenvalue weighted by molar-refractivity contribution is 5.65. The average Bonchev–Trinajstić information content (AvgIpc) is 3.07. The SMILES string of the molecule is COc1ccc(-c2noc(CNc3cc(C)cc(C)c3)n2)c(OC)c1. The van der Waals surface area contributed by atoms with Crippen LogP contribution in [0.5, 0.6) is 11.5 Å². The molecule has 3 rings (SSSR count). The number of aryl methyl sites for hydroxylation is 2. The summed E-state index contributed by atoms with van der Waals surface area (Å²) < 4.78 is 15.9. The van der Waals surface area contributed by atoms with E-state index in [1.54, 1.807) is 20.3 Å². The number of aromatic nitrogens is 2. The molecule has 0 amide bonds. The number of hydrogen-bond donors (Lipinski definition) is 1. The van der Waals surface area contributed by atoms with E-state index in [-0.39, 0.29) is 0 Å². The first-order valence-electron chi connectivity index (χ1n) is 7.96. The number of anilines is 1. The lowest BCUT2D eigenvalue weighted by Gasteiger charge is -2.07. The molecule has 25 heavy (non-hydrogen) atoms. The molecule has 6 nitrogen and oxygen atoms in total. The molecule has 0 atom stereocenters. The lowest BCUT2D eigenvalue weighted by atomic mass is 10.1. The van der Waals surface area contributed by atoms with Gasteiger partial charge in [-0.15, -0.1) is 0 Å². The average molecular weight is 339 g/mol. The summed E-state index contributed by atoms with van der Waals surface area (Å²) in [5, 5.41) is 7.36. The highest BCUT2D eigenvalue weighted by Crippen LogP contribution is 2.31. The number of nitrogens with one attached hydrogen (secondary N) is 1. The first kappa shape index (κ1) is 16.8. The molecule has 0 unspecified atom stereocenters. The Kier molecular flexibility index (Phi) is 4.88. The maximum absolute atomic E-state index is 5.39. The highest BCUT2D eigenvalue weighted by Gasteiger charge is 2.14. The molecule has 0 radical (unpaired) electrons. The molecule has 3 aromatic rings. The minimum atomic E-state index is 0.453. The molecule has 1 aromatic heterocycles.